The van der Waals surface area contributed by atoms with Crippen LogP contribution >= 0.6 is 0 Å². The fourth-order valence-corrected chi connectivity index (χ4v) is 2.04. The van der Waals surface area contributed by atoms with Crippen LogP contribution in [0.15, 0.2) is 30.3 Å². The molecule has 1 fully saturated rings. The van der Waals surface area contributed by atoms with E-state index >= 15 is 0 Å². The summed E-state index contributed by atoms with van der Waals surface area (Å²) in [6, 6.07) is 10.1. The minimum absolute atomic E-state index is 0.149. The SMILES string of the molecule is COC(C(=O)CCc1ccccc1)C1CC1. The van der Waals surface area contributed by atoms with E-state index in [-0.39, 0.29) is 11.9 Å². The van der Waals surface area contributed by atoms with E-state index in [4.69, 9.17) is 4.74 Å². The Hall–Kier alpha value is -1.15. The van der Waals surface area contributed by atoms with Gasteiger partial charge in [-0.2, -0.15) is 0 Å². The van der Waals surface area contributed by atoms with Crippen molar-refractivity contribution < 1.29 is 9.53 Å². The highest BCUT2D eigenvalue weighted by Crippen LogP contribution is 2.35. The molecular weight excluding hydrogens is 200 g/mol. The largest absolute Gasteiger partial charge is 0.373 e. The van der Waals surface area contributed by atoms with Gasteiger partial charge in [-0.05, 0) is 30.7 Å². The van der Waals surface area contributed by atoms with Gasteiger partial charge in [0.1, 0.15) is 6.10 Å². The Bertz CT molecular complexity index is 341. The van der Waals surface area contributed by atoms with E-state index in [0.717, 1.165) is 19.3 Å². The van der Waals surface area contributed by atoms with Gasteiger partial charge in [0, 0.05) is 13.5 Å². The Kier molecular flexibility index (Phi) is 3.73. The van der Waals surface area contributed by atoms with Crippen LogP contribution in [0.5, 0.6) is 0 Å². The zero-order valence-corrected chi connectivity index (χ0v) is 9.69. The molecule has 1 aliphatic rings. The highest BCUT2D eigenvalue weighted by atomic mass is 16.5. The molecule has 1 unspecified atom stereocenters. The van der Waals surface area contributed by atoms with Crippen molar-refractivity contribution in [2.45, 2.75) is 31.8 Å². The average molecular weight is 218 g/mol. The van der Waals surface area contributed by atoms with Gasteiger partial charge in [-0.1, -0.05) is 30.3 Å². The quantitative estimate of drug-likeness (QED) is 0.733. The molecule has 0 heterocycles. The summed E-state index contributed by atoms with van der Waals surface area (Å²) >= 11 is 0. The van der Waals surface area contributed by atoms with Crippen LogP contribution in [0.3, 0.4) is 0 Å². The van der Waals surface area contributed by atoms with Crippen LogP contribution in [0.4, 0.5) is 0 Å². The van der Waals surface area contributed by atoms with Crippen LogP contribution in [0.1, 0.15) is 24.8 Å². The van der Waals surface area contributed by atoms with Gasteiger partial charge in [0.05, 0.1) is 0 Å². The predicted molar refractivity (Wildman–Crippen MR) is 63.3 cm³/mol. The molecule has 0 saturated heterocycles. The number of ketones is 1. The Balaban J connectivity index is 1.83. The second-order valence-electron chi connectivity index (χ2n) is 4.45. The van der Waals surface area contributed by atoms with Crippen molar-refractivity contribution in [2.75, 3.05) is 7.11 Å². The van der Waals surface area contributed by atoms with Crippen LogP contribution in [-0.4, -0.2) is 19.0 Å². The summed E-state index contributed by atoms with van der Waals surface area (Å²) in [5.74, 6) is 0.752. The number of methoxy groups -OCH3 is 1. The van der Waals surface area contributed by atoms with Gasteiger partial charge in [-0.15, -0.1) is 0 Å². The van der Waals surface area contributed by atoms with Crippen LogP contribution in [-0.2, 0) is 16.0 Å². The van der Waals surface area contributed by atoms with Crippen LogP contribution in [0.25, 0.3) is 0 Å². The first kappa shape index (κ1) is 11.3. The number of carbonyl (C=O) groups is 1. The molecule has 1 aromatic rings. The van der Waals surface area contributed by atoms with E-state index in [9.17, 15) is 4.79 Å². The molecule has 0 bridgehead atoms. The summed E-state index contributed by atoms with van der Waals surface area (Å²) in [5.41, 5.74) is 1.22. The lowest BCUT2D eigenvalue weighted by molar-refractivity contribution is -0.129. The Morgan fingerprint density at radius 1 is 1.38 bits per heavy atom. The lowest BCUT2D eigenvalue weighted by atomic mass is 10.0. The van der Waals surface area contributed by atoms with Crippen LogP contribution < -0.4 is 0 Å². The first-order chi connectivity index (χ1) is 7.81. The molecule has 0 N–H and O–H groups in total. The third-order valence-corrected chi connectivity index (χ3v) is 3.12. The third-order valence-electron chi connectivity index (χ3n) is 3.12. The lowest BCUT2D eigenvalue weighted by Crippen LogP contribution is -2.25. The highest BCUT2D eigenvalue weighted by molar-refractivity contribution is 5.83. The molecule has 1 atom stereocenters. The molecule has 1 saturated carbocycles. The molecule has 0 radical (unpaired) electrons. The fraction of sp³-hybridized carbons (Fsp3) is 0.500. The predicted octanol–water partition coefficient (Wildman–Crippen LogP) is 2.61. The van der Waals surface area contributed by atoms with E-state index in [0.29, 0.717) is 12.3 Å². The molecule has 16 heavy (non-hydrogen) atoms. The summed E-state index contributed by atoms with van der Waals surface area (Å²) in [7, 11) is 1.64. The Morgan fingerprint density at radius 2 is 2.06 bits per heavy atom. The summed E-state index contributed by atoms with van der Waals surface area (Å²) in [4.78, 5) is 11.9. The normalized spacial score (nSPS) is 17.1. The molecular formula is C14H18O2. The fourth-order valence-electron chi connectivity index (χ4n) is 2.04. The van der Waals surface area contributed by atoms with Crippen molar-refractivity contribution in [2.24, 2.45) is 5.92 Å². The maximum atomic E-state index is 11.9. The molecule has 2 nitrogen and oxygen atoms in total. The molecule has 1 aliphatic carbocycles. The van der Waals surface area contributed by atoms with E-state index in [1.807, 2.05) is 18.2 Å². The summed E-state index contributed by atoms with van der Waals surface area (Å²) < 4.78 is 5.27. The van der Waals surface area contributed by atoms with Gasteiger partial charge in [-0.3, -0.25) is 4.79 Å². The molecule has 0 amide bonds. The summed E-state index contributed by atoms with van der Waals surface area (Å²) in [5, 5.41) is 0. The van der Waals surface area contributed by atoms with Gasteiger partial charge in [0.15, 0.2) is 5.78 Å². The summed E-state index contributed by atoms with van der Waals surface area (Å²) in [6.45, 7) is 0. The van der Waals surface area contributed by atoms with Gasteiger partial charge >= 0.3 is 0 Å². The topological polar surface area (TPSA) is 26.3 Å². The lowest BCUT2D eigenvalue weighted by Gasteiger charge is -2.12. The van der Waals surface area contributed by atoms with Gasteiger partial charge < -0.3 is 4.74 Å². The van der Waals surface area contributed by atoms with Crippen LogP contribution in [0.2, 0.25) is 0 Å². The first-order valence-corrected chi connectivity index (χ1v) is 5.90. The monoisotopic (exact) mass is 218 g/mol. The van der Waals surface area contributed by atoms with E-state index in [1.54, 1.807) is 7.11 Å². The Morgan fingerprint density at radius 3 is 2.62 bits per heavy atom. The van der Waals surface area contributed by atoms with E-state index in [1.165, 1.54) is 5.56 Å². The Labute approximate surface area is 96.6 Å². The molecule has 0 aromatic heterocycles. The molecule has 1 aromatic carbocycles. The van der Waals surface area contributed by atoms with Crippen molar-refractivity contribution in [1.29, 1.82) is 0 Å². The number of carbonyl (C=O) groups excluding carboxylic acids is 1. The first-order valence-electron chi connectivity index (χ1n) is 5.90. The van der Waals surface area contributed by atoms with Crippen molar-refractivity contribution in [3.8, 4) is 0 Å². The van der Waals surface area contributed by atoms with E-state index in [2.05, 4.69) is 12.1 Å². The molecule has 2 heteroatoms. The molecule has 0 aliphatic heterocycles. The smallest absolute Gasteiger partial charge is 0.162 e. The summed E-state index contributed by atoms with van der Waals surface area (Å²) in [6.07, 6.45) is 3.57. The standard InChI is InChI=1S/C14H18O2/c1-16-14(12-8-9-12)13(15)10-7-11-5-3-2-4-6-11/h2-6,12,14H,7-10H2,1H3. The number of hydrogen-bond acceptors (Lipinski definition) is 2. The maximum Gasteiger partial charge on any atom is 0.162 e. The number of ether oxygens (including phenoxy) is 1. The molecule has 0 spiro atoms. The second-order valence-corrected chi connectivity index (χ2v) is 4.45. The number of hydrogen-bond donors (Lipinski definition) is 0. The highest BCUT2D eigenvalue weighted by Gasteiger charge is 2.35. The van der Waals surface area contributed by atoms with Gasteiger partial charge in [-0.25, -0.2) is 0 Å². The zero-order chi connectivity index (χ0) is 11.4. The average Bonchev–Trinajstić information content (AvgIpc) is 3.13. The maximum absolute atomic E-state index is 11.9. The van der Waals surface area contributed by atoms with Crippen molar-refractivity contribution in [1.82, 2.24) is 0 Å². The number of benzene rings is 1. The van der Waals surface area contributed by atoms with Crippen molar-refractivity contribution in [3.05, 3.63) is 35.9 Å². The molecule has 86 valence electrons. The number of rotatable bonds is 6. The van der Waals surface area contributed by atoms with E-state index < -0.39 is 0 Å². The third kappa shape index (κ3) is 2.92. The minimum Gasteiger partial charge on any atom is -0.373 e. The van der Waals surface area contributed by atoms with Gasteiger partial charge in [0.2, 0.25) is 0 Å². The van der Waals surface area contributed by atoms with Crippen molar-refractivity contribution in [3.63, 3.8) is 0 Å². The molecule has 2 rings (SSSR count). The van der Waals surface area contributed by atoms with Crippen molar-refractivity contribution >= 4 is 5.78 Å². The number of aryl methyl sites for hydroxylation is 1. The number of Topliss-reactive ketones (excluding diaryl/α,β-unsaturated/α-hetero) is 1. The van der Waals surface area contributed by atoms with Crippen LogP contribution in [0, 0.1) is 5.92 Å². The second kappa shape index (κ2) is 5.26. The van der Waals surface area contributed by atoms with Gasteiger partial charge in [0.25, 0.3) is 0 Å². The minimum atomic E-state index is -0.149. The zero-order valence-electron chi connectivity index (χ0n) is 9.69.